The van der Waals surface area contributed by atoms with Gasteiger partial charge in [0.2, 0.25) is 5.91 Å². The number of aromatic nitrogens is 1. The average molecular weight is 421 g/mol. The third-order valence-electron chi connectivity index (χ3n) is 4.79. The maximum atomic E-state index is 12.4. The molecule has 1 atom stereocenters. The molecule has 1 saturated heterocycles. The first-order valence-corrected chi connectivity index (χ1v) is 10.3. The van der Waals surface area contributed by atoms with Gasteiger partial charge in [0.15, 0.2) is 0 Å². The fourth-order valence-electron chi connectivity index (χ4n) is 3.27. The number of alkyl carbamates (subject to hydrolysis) is 1. The average Bonchev–Trinajstić information content (AvgIpc) is 2.67. The number of pyridine rings is 1. The molecule has 2 rings (SSSR count). The third kappa shape index (κ3) is 8.36. The van der Waals surface area contributed by atoms with Crippen molar-refractivity contribution >= 4 is 18.0 Å². The second-order valence-electron chi connectivity index (χ2n) is 8.49. The second kappa shape index (κ2) is 10.9. The summed E-state index contributed by atoms with van der Waals surface area (Å²) in [5, 5.41) is 14.4. The highest BCUT2D eigenvalue weighted by Gasteiger charge is 2.27. The van der Waals surface area contributed by atoms with Crippen LogP contribution in [0.2, 0.25) is 0 Å². The van der Waals surface area contributed by atoms with E-state index in [2.05, 4.69) is 20.5 Å². The Morgan fingerprint density at radius 3 is 2.53 bits per heavy atom. The molecule has 166 valence electrons. The molecule has 3 N–H and O–H groups in total. The number of carbonyl (C=O) groups excluding carboxylic acids is 2. The van der Waals surface area contributed by atoms with Crippen molar-refractivity contribution in [1.29, 1.82) is 0 Å². The summed E-state index contributed by atoms with van der Waals surface area (Å²) in [6, 6.07) is 4.71. The van der Waals surface area contributed by atoms with Gasteiger partial charge >= 0.3 is 12.1 Å². The predicted octanol–water partition coefficient (Wildman–Crippen LogP) is 1.78. The van der Waals surface area contributed by atoms with Crippen LogP contribution in [0.1, 0.15) is 45.7 Å². The number of carbonyl (C=O) groups is 3. The number of nitrogens with one attached hydrogen (secondary N) is 2. The summed E-state index contributed by atoms with van der Waals surface area (Å²) in [5.74, 6) is -1.33. The Morgan fingerprint density at radius 2 is 1.97 bits per heavy atom. The molecule has 0 aromatic carbocycles. The SMILES string of the molecule is CC(C)(C)OC(=O)NC(CCNC(=O)C1CCN(Cc2ccccn2)CC1)C(=O)O. The van der Waals surface area contributed by atoms with E-state index in [9.17, 15) is 19.5 Å². The lowest BCUT2D eigenvalue weighted by atomic mass is 9.95. The molecule has 2 heterocycles. The Balaban J connectivity index is 1.70. The Bertz CT molecular complexity index is 712. The van der Waals surface area contributed by atoms with Crippen molar-refractivity contribution in [3.8, 4) is 0 Å². The van der Waals surface area contributed by atoms with E-state index in [1.807, 2.05) is 18.2 Å². The number of hydrogen-bond donors (Lipinski definition) is 3. The summed E-state index contributed by atoms with van der Waals surface area (Å²) in [4.78, 5) is 42.2. The molecule has 2 amide bonds. The number of carboxylic acid groups (broad SMARTS) is 1. The molecule has 0 aliphatic carbocycles. The molecule has 30 heavy (non-hydrogen) atoms. The Hall–Kier alpha value is -2.68. The van der Waals surface area contributed by atoms with E-state index in [4.69, 9.17) is 4.74 Å². The highest BCUT2D eigenvalue weighted by molar-refractivity contribution is 5.80. The van der Waals surface area contributed by atoms with Crippen LogP contribution in [0.4, 0.5) is 4.79 Å². The maximum Gasteiger partial charge on any atom is 0.408 e. The van der Waals surface area contributed by atoms with E-state index in [-0.39, 0.29) is 24.8 Å². The molecule has 1 aliphatic heterocycles. The van der Waals surface area contributed by atoms with Crippen LogP contribution in [0.5, 0.6) is 0 Å². The van der Waals surface area contributed by atoms with Gasteiger partial charge in [0.05, 0.1) is 5.69 Å². The van der Waals surface area contributed by atoms with Gasteiger partial charge in [0.1, 0.15) is 11.6 Å². The monoisotopic (exact) mass is 420 g/mol. The van der Waals surface area contributed by atoms with Crippen LogP contribution < -0.4 is 10.6 Å². The molecule has 1 aromatic rings. The van der Waals surface area contributed by atoms with Gasteiger partial charge in [0.25, 0.3) is 0 Å². The Kier molecular flexibility index (Phi) is 8.58. The number of ether oxygens (including phenoxy) is 1. The van der Waals surface area contributed by atoms with Crippen molar-refractivity contribution < 1.29 is 24.2 Å². The summed E-state index contributed by atoms with van der Waals surface area (Å²) >= 11 is 0. The summed E-state index contributed by atoms with van der Waals surface area (Å²) in [7, 11) is 0. The lowest BCUT2D eigenvalue weighted by Gasteiger charge is -2.31. The van der Waals surface area contributed by atoms with Crippen LogP contribution in [0.15, 0.2) is 24.4 Å². The first-order chi connectivity index (χ1) is 14.1. The number of likely N-dealkylation sites (tertiary alicyclic amines) is 1. The number of piperidine rings is 1. The fraction of sp³-hybridized carbons (Fsp3) is 0.619. The minimum atomic E-state index is -1.17. The smallest absolute Gasteiger partial charge is 0.408 e. The molecule has 9 nitrogen and oxygen atoms in total. The van der Waals surface area contributed by atoms with Gasteiger partial charge in [-0.2, -0.15) is 0 Å². The third-order valence-corrected chi connectivity index (χ3v) is 4.79. The molecule has 0 saturated carbocycles. The van der Waals surface area contributed by atoms with Crippen LogP contribution in [0, 0.1) is 5.92 Å². The number of carboxylic acids is 1. The second-order valence-corrected chi connectivity index (χ2v) is 8.49. The van der Waals surface area contributed by atoms with Crippen molar-refractivity contribution in [2.75, 3.05) is 19.6 Å². The Labute approximate surface area is 177 Å². The minimum absolute atomic E-state index is 0.0751. The standard InChI is InChI=1S/C21H32N4O5/c1-21(2,3)30-20(29)24-17(19(27)28)7-11-23-18(26)15-8-12-25(13-9-15)14-16-6-4-5-10-22-16/h4-6,10,15,17H,7-9,11-14H2,1-3H3,(H,23,26)(H,24,29)(H,27,28). The van der Waals surface area contributed by atoms with E-state index >= 15 is 0 Å². The number of aliphatic carboxylic acids is 1. The van der Waals surface area contributed by atoms with Crippen LogP contribution in [0.25, 0.3) is 0 Å². The number of hydrogen-bond acceptors (Lipinski definition) is 6. The van der Waals surface area contributed by atoms with Crippen molar-refractivity contribution in [3.63, 3.8) is 0 Å². The number of amides is 2. The van der Waals surface area contributed by atoms with Crippen molar-refractivity contribution in [2.45, 2.75) is 58.2 Å². The highest BCUT2D eigenvalue weighted by Crippen LogP contribution is 2.18. The van der Waals surface area contributed by atoms with Gasteiger partial charge in [-0.3, -0.25) is 14.7 Å². The van der Waals surface area contributed by atoms with E-state index in [1.54, 1.807) is 27.0 Å². The summed E-state index contributed by atoms with van der Waals surface area (Å²) in [6.45, 7) is 7.66. The fourth-order valence-corrected chi connectivity index (χ4v) is 3.27. The van der Waals surface area contributed by atoms with E-state index in [0.29, 0.717) is 0 Å². The molecule has 1 fully saturated rings. The highest BCUT2D eigenvalue weighted by atomic mass is 16.6. The van der Waals surface area contributed by atoms with E-state index in [0.717, 1.165) is 38.2 Å². The first-order valence-electron chi connectivity index (χ1n) is 10.3. The molecule has 9 heteroatoms. The first kappa shape index (κ1) is 23.6. The van der Waals surface area contributed by atoms with Gasteiger partial charge in [-0.15, -0.1) is 0 Å². The molecular formula is C21H32N4O5. The maximum absolute atomic E-state index is 12.4. The van der Waals surface area contributed by atoms with Gasteiger partial charge in [-0.05, 0) is 65.3 Å². The molecule has 0 spiro atoms. The number of nitrogens with zero attached hydrogens (tertiary/aromatic N) is 2. The zero-order chi connectivity index (χ0) is 22.1. The topological polar surface area (TPSA) is 121 Å². The van der Waals surface area contributed by atoms with Crippen molar-refractivity contribution in [1.82, 2.24) is 20.5 Å². The summed E-state index contributed by atoms with van der Waals surface area (Å²) in [6.07, 6.45) is 2.56. The van der Waals surface area contributed by atoms with Crippen LogP contribution in [-0.4, -0.2) is 64.2 Å². The van der Waals surface area contributed by atoms with E-state index < -0.39 is 23.7 Å². The van der Waals surface area contributed by atoms with Gasteiger partial charge in [-0.1, -0.05) is 6.07 Å². The van der Waals surface area contributed by atoms with Crippen molar-refractivity contribution in [3.05, 3.63) is 30.1 Å². The molecule has 1 aromatic heterocycles. The molecule has 1 aliphatic rings. The quantitative estimate of drug-likeness (QED) is 0.586. The largest absolute Gasteiger partial charge is 0.480 e. The van der Waals surface area contributed by atoms with E-state index in [1.165, 1.54) is 0 Å². The minimum Gasteiger partial charge on any atom is -0.480 e. The normalized spacial score (nSPS) is 16.5. The van der Waals surface area contributed by atoms with Crippen LogP contribution in [-0.2, 0) is 20.9 Å². The molecule has 0 bridgehead atoms. The number of rotatable bonds is 8. The molecule has 1 unspecified atom stereocenters. The summed E-state index contributed by atoms with van der Waals surface area (Å²) in [5.41, 5.74) is 0.296. The van der Waals surface area contributed by atoms with Crippen LogP contribution in [0.3, 0.4) is 0 Å². The van der Waals surface area contributed by atoms with Gasteiger partial charge in [-0.25, -0.2) is 9.59 Å². The molecule has 0 radical (unpaired) electrons. The zero-order valence-electron chi connectivity index (χ0n) is 17.9. The summed E-state index contributed by atoms with van der Waals surface area (Å²) < 4.78 is 5.08. The Morgan fingerprint density at radius 1 is 1.27 bits per heavy atom. The van der Waals surface area contributed by atoms with Crippen LogP contribution >= 0.6 is 0 Å². The zero-order valence-corrected chi connectivity index (χ0v) is 17.9. The van der Waals surface area contributed by atoms with Crippen molar-refractivity contribution in [2.24, 2.45) is 5.92 Å². The lowest BCUT2D eigenvalue weighted by molar-refractivity contribution is -0.140. The van der Waals surface area contributed by atoms with Gasteiger partial charge < -0.3 is 20.5 Å². The molecular weight excluding hydrogens is 388 g/mol. The lowest BCUT2D eigenvalue weighted by Crippen LogP contribution is -2.46. The van der Waals surface area contributed by atoms with Gasteiger partial charge in [0, 0.05) is 25.2 Å². The predicted molar refractivity (Wildman–Crippen MR) is 111 cm³/mol.